The zero-order valence-electron chi connectivity index (χ0n) is 15.3. The summed E-state index contributed by atoms with van der Waals surface area (Å²) >= 11 is 0. The van der Waals surface area contributed by atoms with Gasteiger partial charge < -0.3 is 15.1 Å². The first-order valence-corrected chi connectivity index (χ1v) is 8.54. The predicted molar refractivity (Wildman–Crippen MR) is 100 cm³/mol. The molecule has 1 aliphatic carbocycles. The van der Waals surface area contributed by atoms with Gasteiger partial charge in [0, 0.05) is 57.4 Å². The lowest BCUT2D eigenvalue weighted by atomic mass is 9.92. The number of amides is 1. The molecule has 0 spiro atoms. The van der Waals surface area contributed by atoms with Crippen molar-refractivity contribution in [2.45, 2.75) is 25.3 Å². The fourth-order valence-corrected chi connectivity index (χ4v) is 3.03. The molecule has 1 amide bonds. The SMILES string of the molecule is CN(C)c1cccc(C(=O)N[C@H]2CCc3nc(N(C)C)ncc3C2)c1. The number of hydrogen-bond donors (Lipinski definition) is 1. The molecule has 25 heavy (non-hydrogen) atoms. The number of hydrogen-bond acceptors (Lipinski definition) is 5. The summed E-state index contributed by atoms with van der Waals surface area (Å²) in [4.78, 5) is 25.5. The van der Waals surface area contributed by atoms with Gasteiger partial charge in [0.05, 0.1) is 0 Å². The number of nitrogens with one attached hydrogen (secondary N) is 1. The van der Waals surface area contributed by atoms with Crippen molar-refractivity contribution in [3.8, 4) is 0 Å². The summed E-state index contributed by atoms with van der Waals surface area (Å²) in [6.45, 7) is 0. The number of fused-ring (bicyclic) bond motifs is 1. The third kappa shape index (κ3) is 3.90. The quantitative estimate of drug-likeness (QED) is 0.922. The lowest BCUT2D eigenvalue weighted by Gasteiger charge is -2.25. The molecule has 1 heterocycles. The molecule has 1 aromatic heterocycles. The summed E-state index contributed by atoms with van der Waals surface area (Å²) in [6, 6.07) is 7.80. The van der Waals surface area contributed by atoms with E-state index < -0.39 is 0 Å². The van der Waals surface area contributed by atoms with Crippen LogP contribution in [0.15, 0.2) is 30.5 Å². The van der Waals surface area contributed by atoms with Crippen LogP contribution in [-0.4, -0.2) is 50.1 Å². The Balaban J connectivity index is 1.68. The summed E-state index contributed by atoms with van der Waals surface area (Å²) < 4.78 is 0. The maximum absolute atomic E-state index is 12.6. The first-order chi connectivity index (χ1) is 11.9. The second-order valence-electron chi connectivity index (χ2n) is 6.89. The molecule has 1 atom stereocenters. The maximum Gasteiger partial charge on any atom is 0.251 e. The topological polar surface area (TPSA) is 61.4 Å². The minimum atomic E-state index is -0.0250. The number of benzene rings is 1. The van der Waals surface area contributed by atoms with Gasteiger partial charge in [0.2, 0.25) is 5.95 Å². The lowest BCUT2D eigenvalue weighted by Crippen LogP contribution is -2.39. The maximum atomic E-state index is 12.6. The second kappa shape index (κ2) is 7.09. The molecule has 0 radical (unpaired) electrons. The van der Waals surface area contributed by atoms with Crippen LogP contribution in [0.5, 0.6) is 0 Å². The van der Waals surface area contributed by atoms with Gasteiger partial charge in [-0.3, -0.25) is 4.79 Å². The first kappa shape index (κ1) is 17.2. The Hall–Kier alpha value is -2.63. The molecule has 1 aromatic carbocycles. The number of anilines is 2. The highest BCUT2D eigenvalue weighted by atomic mass is 16.1. The van der Waals surface area contributed by atoms with E-state index in [-0.39, 0.29) is 11.9 Å². The van der Waals surface area contributed by atoms with E-state index in [1.165, 1.54) is 0 Å². The van der Waals surface area contributed by atoms with Gasteiger partial charge in [0.25, 0.3) is 5.91 Å². The standard InChI is InChI=1S/C19H25N5O/c1-23(2)16-7-5-6-13(11-16)18(25)21-15-8-9-17-14(10-15)12-20-19(22-17)24(3)4/h5-7,11-12,15H,8-10H2,1-4H3,(H,21,25)/t15-/m0/s1. The Morgan fingerprint density at radius 2 is 2.00 bits per heavy atom. The van der Waals surface area contributed by atoms with Gasteiger partial charge in [-0.05, 0) is 43.0 Å². The van der Waals surface area contributed by atoms with Gasteiger partial charge in [0.1, 0.15) is 0 Å². The van der Waals surface area contributed by atoms with Crippen LogP contribution in [0.2, 0.25) is 0 Å². The number of rotatable bonds is 4. The van der Waals surface area contributed by atoms with E-state index in [1.807, 2.05) is 68.5 Å². The highest BCUT2D eigenvalue weighted by molar-refractivity contribution is 5.95. The summed E-state index contributed by atoms with van der Waals surface area (Å²) in [7, 11) is 7.82. The van der Waals surface area contributed by atoms with Crippen molar-refractivity contribution in [1.29, 1.82) is 0 Å². The van der Waals surface area contributed by atoms with E-state index in [0.29, 0.717) is 5.56 Å². The Kier molecular flexibility index (Phi) is 4.88. The highest BCUT2D eigenvalue weighted by Gasteiger charge is 2.22. The van der Waals surface area contributed by atoms with Crippen molar-refractivity contribution < 1.29 is 4.79 Å². The minimum Gasteiger partial charge on any atom is -0.378 e. The zero-order valence-corrected chi connectivity index (χ0v) is 15.3. The van der Waals surface area contributed by atoms with E-state index in [4.69, 9.17) is 0 Å². The molecular formula is C19H25N5O. The molecule has 1 N–H and O–H groups in total. The minimum absolute atomic E-state index is 0.0250. The molecular weight excluding hydrogens is 314 g/mol. The van der Waals surface area contributed by atoms with Gasteiger partial charge in [-0.25, -0.2) is 9.97 Å². The van der Waals surface area contributed by atoms with Crippen LogP contribution in [-0.2, 0) is 12.8 Å². The van der Waals surface area contributed by atoms with Crippen LogP contribution in [0, 0.1) is 0 Å². The van der Waals surface area contributed by atoms with E-state index >= 15 is 0 Å². The zero-order chi connectivity index (χ0) is 18.0. The molecule has 0 fully saturated rings. The Morgan fingerprint density at radius 1 is 1.20 bits per heavy atom. The van der Waals surface area contributed by atoms with Crippen molar-refractivity contribution >= 4 is 17.5 Å². The van der Waals surface area contributed by atoms with Crippen molar-refractivity contribution in [1.82, 2.24) is 15.3 Å². The smallest absolute Gasteiger partial charge is 0.251 e. The number of carbonyl (C=O) groups is 1. The van der Waals surface area contributed by atoms with Gasteiger partial charge in [-0.1, -0.05) is 6.07 Å². The molecule has 6 heteroatoms. The third-order valence-electron chi connectivity index (χ3n) is 4.50. The summed E-state index contributed by atoms with van der Waals surface area (Å²) in [5.41, 5.74) is 3.94. The molecule has 2 aromatic rings. The Morgan fingerprint density at radius 3 is 2.72 bits per heavy atom. The fourth-order valence-electron chi connectivity index (χ4n) is 3.03. The molecule has 0 saturated heterocycles. The monoisotopic (exact) mass is 339 g/mol. The van der Waals surface area contributed by atoms with Crippen LogP contribution in [0.1, 0.15) is 28.0 Å². The van der Waals surface area contributed by atoms with Crippen molar-refractivity contribution in [3.05, 3.63) is 47.3 Å². The first-order valence-electron chi connectivity index (χ1n) is 8.54. The molecule has 1 aliphatic rings. The normalized spacial score (nSPS) is 16.1. The number of carbonyl (C=O) groups excluding carboxylic acids is 1. The predicted octanol–water partition coefficient (Wildman–Crippen LogP) is 1.90. The summed E-state index contributed by atoms with van der Waals surface area (Å²) in [6.07, 6.45) is 4.43. The molecule has 3 rings (SSSR count). The molecule has 6 nitrogen and oxygen atoms in total. The molecule has 0 saturated carbocycles. The average Bonchev–Trinajstić information content (AvgIpc) is 2.61. The van der Waals surface area contributed by atoms with E-state index in [0.717, 1.165) is 42.2 Å². The van der Waals surface area contributed by atoms with Crippen LogP contribution in [0.25, 0.3) is 0 Å². The molecule has 0 aliphatic heterocycles. The number of nitrogens with zero attached hydrogens (tertiary/aromatic N) is 4. The van der Waals surface area contributed by atoms with Crippen molar-refractivity contribution in [2.75, 3.05) is 38.0 Å². The lowest BCUT2D eigenvalue weighted by molar-refractivity contribution is 0.0933. The van der Waals surface area contributed by atoms with Gasteiger partial charge >= 0.3 is 0 Å². The molecule has 0 bridgehead atoms. The van der Waals surface area contributed by atoms with Crippen LogP contribution in [0.4, 0.5) is 11.6 Å². The second-order valence-corrected chi connectivity index (χ2v) is 6.89. The Labute approximate surface area is 148 Å². The number of aryl methyl sites for hydroxylation is 1. The van der Waals surface area contributed by atoms with Gasteiger partial charge in [-0.15, -0.1) is 0 Å². The van der Waals surface area contributed by atoms with Crippen molar-refractivity contribution in [2.24, 2.45) is 0 Å². The van der Waals surface area contributed by atoms with Crippen molar-refractivity contribution in [3.63, 3.8) is 0 Å². The van der Waals surface area contributed by atoms with Gasteiger partial charge in [0.15, 0.2) is 0 Å². The van der Waals surface area contributed by atoms with Gasteiger partial charge in [-0.2, -0.15) is 0 Å². The highest BCUT2D eigenvalue weighted by Crippen LogP contribution is 2.21. The summed E-state index contributed by atoms with van der Waals surface area (Å²) in [5.74, 6) is 0.713. The van der Waals surface area contributed by atoms with E-state index in [9.17, 15) is 4.79 Å². The largest absolute Gasteiger partial charge is 0.378 e. The third-order valence-corrected chi connectivity index (χ3v) is 4.50. The van der Waals surface area contributed by atoms with Crippen LogP contribution >= 0.6 is 0 Å². The van der Waals surface area contributed by atoms with Crippen LogP contribution < -0.4 is 15.1 Å². The molecule has 132 valence electrons. The fraction of sp³-hybridized carbons (Fsp3) is 0.421. The average molecular weight is 339 g/mol. The number of aromatic nitrogens is 2. The molecule has 0 unspecified atom stereocenters. The van der Waals surface area contributed by atoms with Crippen LogP contribution in [0.3, 0.4) is 0 Å². The van der Waals surface area contributed by atoms with E-state index in [1.54, 1.807) is 0 Å². The van der Waals surface area contributed by atoms with E-state index in [2.05, 4.69) is 15.3 Å². The summed E-state index contributed by atoms with van der Waals surface area (Å²) in [5, 5.41) is 3.16. The Bertz CT molecular complexity index is 772.